The molecule has 1 aromatic carbocycles. The standard InChI is InChI=1S/C15H23N3O2/c1-4-9-15(3,16)14(20)17-10-12-5-7-13(8-6-12)18-11(2)19/h5-8H,4,9-10,16H2,1-3H3,(H,17,20)(H,18,19). The Balaban J connectivity index is 2.53. The van der Waals surface area contributed by atoms with E-state index in [4.69, 9.17) is 5.73 Å². The number of rotatable bonds is 6. The molecular formula is C15H23N3O2. The maximum absolute atomic E-state index is 11.9. The zero-order valence-corrected chi connectivity index (χ0v) is 12.3. The lowest BCUT2D eigenvalue weighted by atomic mass is 9.96. The molecule has 0 heterocycles. The minimum absolute atomic E-state index is 0.107. The Hall–Kier alpha value is -1.88. The number of hydrogen-bond acceptors (Lipinski definition) is 3. The summed E-state index contributed by atoms with van der Waals surface area (Å²) in [5, 5.41) is 5.52. The van der Waals surface area contributed by atoms with Crippen molar-refractivity contribution in [3.05, 3.63) is 29.8 Å². The molecular weight excluding hydrogens is 254 g/mol. The van der Waals surface area contributed by atoms with Gasteiger partial charge in [-0.15, -0.1) is 0 Å². The lowest BCUT2D eigenvalue weighted by Crippen LogP contribution is -2.51. The summed E-state index contributed by atoms with van der Waals surface area (Å²) in [6.07, 6.45) is 1.52. The summed E-state index contributed by atoms with van der Waals surface area (Å²) in [4.78, 5) is 22.9. The van der Waals surface area contributed by atoms with E-state index in [2.05, 4.69) is 10.6 Å². The molecule has 1 unspecified atom stereocenters. The van der Waals surface area contributed by atoms with Gasteiger partial charge in [0.15, 0.2) is 0 Å². The first-order valence-electron chi connectivity index (χ1n) is 6.79. The van der Waals surface area contributed by atoms with Gasteiger partial charge in [0.2, 0.25) is 11.8 Å². The normalized spacial score (nSPS) is 13.4. The third-order valence-corrected chi connectivity index (χ3v) is 3.02. The summed E-state index contributed by atoms with van der Waals surface area (Å²) in [7, 11) is 0. The Morgan fingerprint density at radius 3 is 2.35 bits per heavy atom. The van der Waals surface area contributed by atoms with Crippen molar-refractivity contribution in [2.45, 2.75) is 45.7 Å². The maximum atomic E-state index is 11.9. The Morgan fingerprint density at radius 2 is 1.85 bits per heavy atom. The van der Waals surface area contributed by atoms with E-state index in [1.54, 1.807) is 19.1 Å². The first-order valence-corrected chi connectivity index (χ1v) is 6.79. The fraction of sp³-hybridized carbons (Fsp3) is 0.467. The highest BCUT2D eigenvalue weighted by atomic mass is 16.2. The molecule has 4 N–H and O–H groups in total. The zero-order valence-electron chi connectivity index (χ0n) is 12.3. The highest BCUT2D eigenvalue weighted by molar-refractivity contribution is 5.88. The predicted octanol–water partition coefficient (Wildman–Crippen LogP) is 1.78. The largest absolute Gasteiger partial charge is 0.350 e. The lowest BCUT2D eigenvalue weighted by molar-refractivity contribution is -0.126. The Kier molecular flexibility index (Phi) is 5.70. The second kappa shape index (κ2) is 7.05. The van der Waals surface area contributed by atoms with Crippen LogP contribution in [0.3, 0.4) is 0 Å². The summed E-state index contributed by atoms with van der Waals surface area (Å²) in [5.74, 6) is -0.255. The van der Waals surface area contributed by atoms with Crippen LogP contribution < -0.4 is 16.4 Å². The minimum Gasteiger partial charge on any atom is -0.350 e. The molecule has 0 radical (unpaired) electrons. The topological polar surface area (TPSA) is 84.2 Å². The molecule has 1 atom stereocenters. The highest BCUT2D eigenvalue weighted by Crippen LogP contribution is 2.11. The summed E-state index contributed by atoms with van der Waals surface area (Å²) in [5.41, 5.74) is 6.82. The fourth-order valence-corrected chi connectivity index (χ4v) is 1.93. The number of carbonyl (C=O) groups excluding carboxylic acids is 2. The summed E-state index contributed by atoms with van der Waals surface area (Å²) >= 11 is 0. The van der Waals surface area contributed by atoms with Crippen LogP contribution in [0.5, 0.6) is 0 Å². The average molecular weight is 277 g/mol. The molecule has 5 nitrogen and oxygen atoms in total. The van der Waals surface area contributed by atoms with Crippen molar-refractivity contribution in [3.8, 4) is 0 Å². The van der Waals surface area contributed by atoms with E-state index in [-0.39, 0.29) is 11.8 Å². The van der Waals surface area contributed by atoms with Gasteiger partial charge in [0.25, 0.3) is 0 Å². The molecule has 20 heavy (non-hydrogen) atoms. The first kappa shape index (κ1) is 16.2. The molecule has 0 aromatic heterocycles. The van der Waals surface area contributed by atoms with Gasteiger partial charge in [0, 0.05) is 19.2 Å². The van der Waals surface area contributed by atoms with Crippen LogP contribution in [0.25, 0.3) is 0 Å². The van der Waals surface area contributed by atoms with Gasteiger partial charge in [-0.05, 0) is 31.0 Å². The van der Waals surface area contributed by atoms with E-state index >= 15 is 0 Å². The van der Waals surface area contributed by atoms with Gasteiger partial charge in [-0.3, -0.25) is 9.59 Å². The van der Waals surface area contributed by atoms with Crippen LogP contribution in [-0.4, -0.2) is 17.4 Å². The molecule has 2 amide bonds. The van der Waals surface area contributed by atoms with Crippen molar-refractivity contribution < 1.29 is 9.59 Å². The molecule has 0 aliphatic heterocycles. The maximum Gasteiger partial charge on any atom is 0.240 e. The Labute approximate surface area is 119 Å². The average Bonchev–Trinajstić information content (AvgIpc) is 2.36. The SMILES string of the molecule is CCCC(C)(N)C(=O)NCc1ccc(NC(C)=O)cc1. The summed E-state index contributed by atoms with van der Waals surface area (Å²) < 4.78 is 0. The molecule has 0 fully saturated rings. The van der Waals surface area contributed by atoms with E-state index < -0.39 is 5.54 Å². The van der Waals surface area contributed by atoms with Crippen molar-refractivity contribution in [3.63, 3.8) is 0 Å². The monoisotopic (exact) mass is 277 g/mol. The number of nitrogens with two attached hydrogens (primary N) is 1. The van der Waals surface area contributed by atoms with E-state index in [0.717, 1.165) is 17.7 Å². The third kappa shape index (κ3) is 5.01. The van der Waals surface area contributed by atoms with Crippen LogP contribution in [0.1, 0.15) is 39.2 Å². The number of hydrogen-bond donors (Lipinski definition) is 3. The van der Waals surface area contributed by atoms with Gasteiger partial charge in [0.1, 0.15) is 0 Å². The molecule has 0 spiro atoms. The fourth-order valence-electron chi connectivity index (χ4n) is 1.93. The Morgan fingerprint density at radius 1 is 1.25 bits per heavy atom. The molecule has 0 aliphatic carbocycles. The Bertz CT molecular complexity index is 467. The highest BCUT2D eigenvalue weighted by Gasteiger charge is 2.26. The van der Waals surface area contributed by atoms with Crippen LogP contribution in [0.4, 0.5) is 5.69 Å². The van der Waals surface area contributed by atoms with Crippen molar-refractivity contribution >= 4 is 17.5 Å². The summed E-state index contributed by atoms with van der Waals surface area (Å²) in [6, 6.07) is 7.33. The molecule has 0 saturated heterocycles. The van der Waals surface area contributed by atoms with Crippen molar-refractivity contribution in [2.75, 3.05) is 5.32 Å². The van der Waals surface area contributed by atoms with Crippen LogP contribution in [0.2, 0.25) is 0 Å². The molecule has 0 bridgehead atoms. The number of benzene rings is 1. The molecule has 1 aromatic rings. The quantitative estimate of drug-likeness (QED) is 0.741. The van der Waals surface area contributed by atoms with Gasteiger partial charge in [-0.2, -0.15) is 0 Å². The predicted molar refractivity (Wildman–Crippen MR) is 80.1 cm³/mol. The molecule has 0 aliphatic rings. The van der Waals surface area contributed by atoms with E-state index in [1.165, 1.54) is 6.92 Å². The van der Waals surface area contributed by atoms with Crippen molar-refractivity contribution in [1.29, 1.82) is 0 Å². The van der Waals surface area contributed by atoms with E-state index in [9.17, 15) is 9.59 Å². The van der Waals surface area contributed by atoms with Crippen molar-refractivity contribution in [1.82, 2.24) is 5.32 Å². The third-order valence-electron chi connectivity index (χ3n) is 3.02. The first-order chi connectivity index (χ1) is 9.35. The molecule has 5 heteroatoms. The van der Waals surface area contributed by atoms with Gasteiger partial charge in [-0.25, -0.2) is 0 Å². The van der Waals surface area contributed by atoms with Crippen LogP contribution in [0.15, 0.2) is 24.3 Å². The zero-order chi connectivity index (χ0) is 15.2. The number of carbonyl (C=O) groups is 2. The van der Waals surface area contributed by atoms with Gasteiger partial charge in [0.05, 0.1) is 5.54 Å². The minimum atomic E-state index is -0.828. The molecule has 110 valence electrons. The summed E-state index contributed by atoms with van der Waals surface area (Å²) in [6.45, 7) is 5.63. The number of amides is 2. The van der Waals surface area contributed by atoms with Gasteiger partial charge < -0.3 is 16.4 Å². The van der Waals surface area contributed by atoms with Gasteiger partial charge in [-0.1, -0.05) is 25.5 Å². The van der Waals surface area contributed by atoms with E-state index in [0.29, 0.717) is 13.0 Å². The van der Waals surface area contributed by atoms with E-state index in [1.807, 2.05) is 19.1 Å². The van der Waals surface area contributed by atoms with Crippen molar-refractivity contribution in [2.24, 2.45) is 5.73 Å². The van der Waals surface area contributed by atoms with Crippen LogP contribution in [-0.2, 0) is 16.1 Å². The smallest absolute Gasteiger partial charge is 0.240 e. The van der Waals surface area contributed by atoms with Crippen LogP contribution in [0, 0.1) is 0 Å². The molecule has 1 rings (SSSR count). The second-order valence-corrected chi connectivity index (χ2v) is 5.23. The van der Waals surface area contributed by atoms with Crippen LogP contribution >= 0.6 is 0 Å². The number of nitrogens with one attached hydrogen (secondary N) is 2. The number of anilines is 1. The molecule has 0 saturated carbocycles. The second-order valence-electron chi connectivity index (χ2n) is 5.23. The van der Waals surface area contributed by atoms with Gasteiger partial charge >= 0.3 is 0 Å². The lowest BCUT2D eigenvalue weighted by Gasteiger charge is -2.22.